The number of hydrogen-bond acceptors (Lipinski definition) is 6. The summed E-state index contributed by atoms with van der Waals surface area (Å²) in [4.78, 5) is 19.0. The lowest BCUT2D eigenvalue weighted by molar-refractivity contribution is 0.118. The van der Waals surface area contributed by atoms with Crippen LogP contribution in [-0.4, -0.2) is 41.3 Å². The van der Waals surface area contributed by atoms with Gasteiger partial charge in [0.15, 0.2) is 0 Å². The molecule has 3 N–H and O–H groups in total. The van der Waals surface area contributed by atoms with Crippen molar-refractivity contribution in [3.63, 3.8) is 0 Å². The van der Waals surface area contributed by atoms with Crippen molar-refractivity contribution in [3.8, 4) is 0 Å². The Morgan fingerprint density at radius 1 is 0.560 bits per heavy atom. The monoisotopic (exact) mass is 705 g/mol. The van der Waals surface area contributed by atoms with Crippen LogP contribution in [0, 0.1) is 11.8 Å². The summed E-state index contributed by atoms with van der Waals surface area (Å²) in [5.74, 6) is -0.881. The minimum absolute atomic E-state index is 0.00244. The fourth-order valence-corrected chi connectivity index (χ4v) is 8.69. The molecule has 0 aliphatic carbocycles. The van der Waals surface area contributed by atoms with E-state index in [9.17, 15) is 24.0 Å². The summed E-state index contributed by atoms with van der Waals surface area (Å²) in [6.45, 7) is -0.594. The quantitative estimate of drug-likeness (QED) is 0.0756. The topological polar surface area (TPSA) is 123 Å². The summed E-state index contributed by atoms with van der Waals surface area (Å²) in [6.07, 6.45) is 0.871. The molecule has 8 aromatic rings. The van der Waals surface area contributed by atoms with Gasteiger partial charge in [0.25, 0.3) is 0 Å². The van der Waals surface area contributed by atoms with Crippen molar-refractivity contribution in [1.82, 2.24) is 0 Å². The molecule has 0 aliphatic heterocycles. The SMILES string of the molecule is O=[P+](OCC(CO)Cc1cc2cccc3ccc4cccc1c4c32)OCC(COP(=O)(O)O)Cc1cc2cccc3ccc4cccc1c4c32. The molecule has 0 saturated carbocycles. The Kier molecular flexibility index (Phi) is 8.98. The van der Waals surface area contributed by atoms with Crippen LogP contribution in [0.3, 0.4) is 0 Å². The molecule has 0 heterocycles. The van der Waals surface area contributed by atoms with E-state index >= 15 is 0 Å². The van der Waals surface area contributed by atoms with Crippen LogP contribution in [0.2, 0.25) is 0 Å². The van der Waals surface area contributed by atoms with E-state index in [4.69, 9.17) is 13.6 Å². The van der Waals surface area contributed by atoms with E-state index in [2.05, 4.69) is 78.9 Å². The van der Waals surface area contributed by atoms with Gasteiger partial charge in [-0.1, -0.05) is 109 Å². The van der Waals surface area contributed by atoms with Crippen LogP contribution >= 0.6 is 16.1 Å². The van der Waals surface area contributed by atoms with Crippen molar-refractivity contribution in [3.05, 3.63) is 120 Å². The zero-order valence-corrected chi connectivity index (χ0v) is 28.9. The second-order valence-corrected chi connectivity index (χ2v) is 15.3. The first-order chi connectivity index (χ1) is 24.3. The van der Waals surface area contributed by atoms with Crippen LogP contribution in [0.5, 0.6) is 0 Å². The Labute approximate surface area is 289 Å². The number of benzene rings is 8. The molecule has 8 aromatic carbocycles. The molecule has 252 valence electrons. The molecular weight excluding hydrogens is 670 g/mol. The van der Waals surface area contributed by atoms with Crippen LogP contribution in [0.1, 0.15) is 11.1 Å². The predicted molar refractivity (Wildman–Crippen MR) is 199 cm³/mol. The first kappa shape index (κ1) is 33.1. The van der Waals surface area contributed by atoms with Crippen molar-refractivity contribution in [2.75, 3.05) is 26.4 Å². The molecule has 8 nitrogen and oxygen atoms in total. The van der Waals surface area contributed by atoms with E-state index < -0.39 is 22.0 Å². The molecule has 0 aromatic heterocycles. The number of hydrogen-bond donors (Lipinski definition) is 3. The lowest BCUT2D eigenvalue weighted by Crippen LogP contribution is -2.18. The highest BCUT2D eigenvalue weighted by Crippen LogP contribution is 2.41. The van der Waals surface area contributed by atoms with E-state index in [1.807, 2.05) is 30.3 Å². The maximum absolute atomic E-state index is 13.0. The summed E-state index contributed by atoms with van der Waals surface area (Å²) < 4.78 is 40.9. The Morgan fingerprint density at radius 3 is 1.46 bits per heavy atom. The van der Waals surface area contributed by atoms with Gasteiger partial charge in [-0.15, -0.1) is 9.05 Å². The van der Waals surface area contributed by atoms with Gasteiger partial charge in [0.05, 0.1) is 6.61 Å². The molecule has 3 atom stereocenters. The number of aliphatic hydroxyl groups is 1. The van der Waals surface area contributed by atoms with Crippen molar-refractivity contribution in [2.45, 2.75) is 12.8 Å². The van der Waals surface area contributed by atoms with Gasteiger partial charge in [0.2, 0.25) is 0 Å². The number of phosphoric ester groups is 1. The fourth-order valence-electron chi connectivity index (χ4n) is 7.55. The maximum atomic E-state index is 13.0. The molecule has 3 unspecified atom stereocenters. The summed E-state index contributed by atoms with van der Waals surface area (Å²) in [6, 6.07) is 37.5. The molecule has 50 heavy (non-hydrogen) atoms. The standard InChI is InChI=1S/C40H34O8P2/c41-21-25(17-33-19-31-9-1-5-27-13-15-29-7-3-11-35(33)39(29)37(27)31)22-46-49(42)47-23-26(24-48-50(43,44)45)18-34-20-32-10-2-6-28-14-16-30-8-4-12-36(34)40(30)38(28)32/h1-16,19-20,25-26,41H,17-18,21-24H2,(H-,43,44,45)/p+1. The van der Waals surface area contributed by atoms with Crippen LogP contribution in [-0.2, 0) is 35.5 Å². The molecule has 0 amide bonds. The van der Waals surface area contributed by atoms with Crippen LogP contribution < -0.4 is 0 Å². The highest BCUT2D eigenvalue weighted by molar-refractivity contribution is 7.46. The highest BCUT2D eigenvalue weighted by Gasteiger charge is 2.28. The van der Waals surface area contributed by atoms with Crippen LogP contribution in [0.4, 0.5) is 0 Å². The fraction of sp³-hybridized carbons (Fsp3) is 0.200. The average molecular weight is 706 g/mol. The lowest BCUT2D eigenvalue weighted by atomic mass is 9.88. The van der Waals surface area contributed by atoms with Gasteiger partial charge in [0.1, 0.15) is 13.2 Å². The van der Waals surface area contributed by atoms with Crippen LogP contribution in [0.25, 0.3) is 64.6 Å². The van der Waals surface area contributed by atoms with Gasteiger partial charge in [-0.2, -0.15) is 0 Å². The Balaban J connectivity index is 0.983. The summed E-state index contributed by atoms with van der Waals surface area (Å²) in [5, 5.41) is 23.9. The molecule has 10 heteroatoms. The third-order valence-electron chi connectivity index (χ3n) is 9.77. The molecule has 0 radical (unpaired) electrons. The Hall–Kier alpha value is -4.07. The molecule has 0 saturated heterocycles. The van der Waals surface area contributed by atoms with Gasteiger partial charge >= 0.3 is 16.1 Å². The van der Waals surface area contributed by atoms with Crippen molar-refractivity contribution in [1.29, 1.82) is 0 Å². The number of aliphatic hydroxyl groups excluding tert-OH is 1. The second-order valence-electron chi connectivity index (χ2n) is 13.1. The van der Waals surface area contributed by atoms with Gasteiger partial charge < -0.3 is 14.9 Å². The zero-order valence-electron chi connectivity index (χ0n) is 27.1. The van der Waals surface area contributed by atoms with E-state index in [-0.39, 0.29) is 32.3 Å². The first-order valence-electron chi connectivity index (χ1n) is 16.6. The maximum Gasteiger partial charge on any atom is 0.697 e. The minimum Gasteiger partial charge on any atom is -0.396 e. The highest BCUT2D eigenvalue weighted by atomic mass is 31.2. The normalized spacial score (nSPS) is 14.2. The Bertz CT molecular complexity index is 2540. The van der Waals surface area contributed by atoms with Gasteiger partial charge in [-0.05, 0) is 88.6 Å². The average Bonchev–Trinajstić information content (AvgIpc) is 3.12. The third kappa shape index (κ3) is 6.46. The van der Waals surface area contributed by atoms with E-state index in [1.54, 1.807) is 0 Å². The van der Waals surface area contributed by atoms with E-state index in [0.29, 0.717) is 12.8 Å². The summed E-state index contributed by atoms with van der Waals surface area (Å²) in [7, 11) is -7.36. The predicted octanol–water partition coefficient (Wildman–Crippen LogP) is 9.29. The largest absolute Gasteiger partial charge is 0.697 e. The zero-order chi connectivity index (χ0) is 34.4. The number of rotatable bonds is 14. The van der Waals surface area contributed by atoms with Gasteiger partial charge in [-0.25, -0.2) is 4.57 Å². The van der Waals surface area contributed by atoms with Crippen molar-refractivity contribution >= 4 is 80.7 Å². The van der Waals surface area contributed by atoms with Crippen molar-refractivity contribution in [2.24, 2.45) is 11.8 Å². The Morgan fingerprint density at radius 2 is 0.980 bits per heavy atom. The van der Waals surface area contributed by atoms with Crippen molar-refractivity contribution < 1.29 is 37.6 Å². The van der Waals surface area contributed by atoms with Crippen LogP contribution in [0.15, 0.2) is 109 Å². The van der Waals surface area contributed by atoms with E-state index in [1.165, 1.54) is 21.5 Å². The van der Waals surface area contributed by atoms with Gasteiger partial charge in [0, 0.05) is 23.0 Å². The molecule has 0 spiro atoms. The summed E-state index contributed by atoms with van der Waals surface area (Å²) in [5.41, 5.74) is 2.04. The second kappa shape index (κ2) is 13.6. The summed E-state index contributed by atoms with van der Waals surface area (Å²) >= 11 is 0. The molecular formula is C40H35O8P2+. The molecule has 0 aliphatic rings. The molecule has 0 bridgehead atoms. The van der Waals surface area contributed by atoms with Gasteiger partial charge in [-0.3, -0.25) is 4.52 Å². The molecule has 8 rings (SSSR count). The minimum atomic E-state index is -4.76. The van der Waals surface area contributed by atoms with E-state index in [0.717, 1.165) is 54.2 Å². The third-order valence-corrected chi connectivity index (χ3v) is 11.0. The smallest absolute Gasteiger partial charge is 0.396 e. The molecule has 0 fully saturated rings. The lowest BCUT2D eigenvalue weighted by Gasteiger charge is -2.19. The number of phosphoric acid groups is 1. The first-order valence-corrected chi connectivity index (χ1v) is 19.2.